The molecule has 2 rings (SSSR count). The van der Waals surface area contributed by atoms with Gasteiger partial charge in [-0.05, 0) is 42.7 Å². The van der Waals surface area contributed by atoms with Crippen molar-refractivity contribution in [1.29, 1.82) is 0 Å². The highest BCUT2D eigenvalue weighted by molar-refractivity contribution is 7.90. The minimum Gasteiger partial charge on any atom is -0.352 e. The Labute approximate surface area is 130 Å². The summed E-state index contributed by atoms with van der Waals surface area (Å²) in [6.45, 7) is 2.25. The van der Waals surface area contributed by atoms with Gasteiger partial charge in [-0.25, -0.2) is 8.42 Å². The van der Waals surface area contributed by atoms with E-state index in [0.717, 1.165) is 17.4 Å². The maximum absolute atomic E-state index is 12.2. The molecule has 1 aromatic carbocycles. The molecule has 0 saturated heterocycles. The number of nitrogens with one attached hydrogen (secondary N) is 1. The van der Waals surface area contributed by atoms with Gasteiger partial charge >= 0.3 is 0 Å². The lowest BCUT2D eigenvalue weighted by Gasteiger charge is -2.09. The van der Waals surface area contributed by atoms with Crippen molar-refractivity contribution in [1.82, 2.24) is 10.3 Å². The first-order valence-corrected chi connectivity index (χ1v) is 8.75. The van der Waals surface area contributed by atoms with Gasteiger partial charge in [0.15, 0.2) is 9.84 Å². The van der Waals surface area contributed by atoms with Crippen LogP contribution in [0.1, 0.15) is 21.5 Å². The summed E-state index contributed by atoms with van der Waals surface area (Å²) in [5, 5.41) is 2.81. The molecule has 0 aliphatic heterocycles. The third-order valence-electron chi connectivity index (χ3n) is 3.30. The summed E-state index contributed by atoms with van der Waals surface area (Å²) >= 11 is 0. The van der Waals surface area contributed by atoms with Crippen LogP contribution in [0.15, 0.2) is 47.6 Å². The SMILES string of the molecule is Cc1ccc(S(C)(=O)=O)cc1C(=O)NCCc1cccnc1. The Morgan fingerprint density at radius 2 is 2.05 bits per heavy atom. The Balaban J connectivity index is 2.06. The fraction of sp³-hybridized carbons (Fsp3) is 0.250. The zero-order valence-electron chi connectivity index (χ0n) is 12.5. The zero-order chi connectivity index (χ0) is 16.2. The summed E-state index contributed by atoms with van der Waals surface area (Å²) < 4.78 is 23.2. The number of aryl methyl sites for hydroxylation is 1. The van der Waals surface area contributed by atoms with Crippen molar-refractivity contribution in [2.45, 2.75) is 18.2 Å². The summed E-state index contributed by atoms with van der Waals surface area (Å²) in [5.41, 5.74) is 2.16. The van der Waals surface area contributed by atoms with Crippen LogP contribution in [0.3, 0.4) is 0 Å². The van der Waals surface area contributed by atoms with Gasteiger partial charge in [0.2, 0.25) is 0 Å². The van der Waals surface area contributed by atoms with E-state index in [1.165, 1.54) is 12.1 Å². The number of pyridine rings is 1. The van der Waals surface area contributed by atoms with Gasteiger partial charge in [-0.2, -0.15) is 0 Å². The second-order valence-corrected chi connectivity index (χ2v) is 7.13. The molecular formula is C16H18N2O3S. The van der Waals surface area contributed by atoms with Gasteiger partial charge in [0.1, 0.15) is 0 Å². The van der Waals surface area contributed by atoms with E-state index < -0.39 is 9.84 Å². The van der Waals surface area contributed by atoms with Crippen molar-refractivity contribution >= 4 is 15.7 Å². The summed E-state index contributed by atoms with van der Waals surface area (Å²) in [4.78, 5) is 16.4. The van der Waals surface area contributed by atoms with Crippen molar-refractivity contribution in [3.8, 4) is 0 Å². The van der Waals surface area contributed by atoms with E-state index in [-0.39, 0.29) is 10.8 Å². The first kappa shape index (κ1) is 16.2. The first-order valence-electron chi connectivity index (χ1n) is 6.86. The van der Waals surface area contributed by atoms with Crippen LogP contribution < -0.4 is 5.32 Å². The van der Waals surface area contributed by atoms with Crippen molar-refractivity contribution in [2.24, 2.45) is 0 Å². The maximum Gasteiger partial charge on any atom is 0.251 e. The van der Waals surface area contributed by atoms with Crippen LogP contribution in [-0.2, 0) is 16.3 Å². The second kappa shape index (κ2) is 6.70. The smallest absolute Gasteiger partial charge is 0.251 e. The molecule has 1 heterocycles. The maximum atomic E-state index is 12.2. The predicted octanol–water partition coefficient (Wildman–Crippen LogP) is 1.77. The van der Waals surface area contributed by atoms with Crippen LogP contribution in [0.5, 0.6) is 0 Å². The third-order valence-corrected chi connectivity index (χ3v) is 4.41. The standard InChI is InChI=1S/C16H18N2O3S/c1-12-5-6-14(22(2,20)21)10-15(12)16(19)18-9-7-13-4-3-8-17-11-13/h3-6,8,10-11H,7,9H2,1-2H3,(H,18,19). The predicted molar refractivity (Wildman–Crippen MR) is 84.6 cm³/mol. The number of benzene rings is 1. The lowest BCUT2D eigenvalue weighted by atomic mass is 10.1. The number of aromatic nitrogens is 1. The third kappa shape index (κ3) is 4.14. The number of hydrogen-bond acceptors (Lipinski definition) is 4. The lowest BCUT2D eigenvalue weighted by Crippen LogP contribution is -2.26. The molecule has 0 saturated carbocycles. The van der Waals surface area contributed by atoms with E-state index in [9.17, 15) is 13.2 Å². The van der Waals surface area contributed by atoms with E-state index in [1.807, 2.05) is 12.1 Å². The molecule has 0 atom stereocenters. The molecule has 1 N–H and O–H groups in total. The highest BCUT2D eigenvalue weighted by Gasteiger charge is 2.14. The minimum absolute atomic E-state index is 0.149. The average molecular weight is 318 g/mol. The molecule has 6 heteroatoms. The number of hydrogen-bond donors (Lipinski definition) is 1. The Morgan fingerprint density at radius 3 is 2.68 bits per heavy atom. The van der Waals surface area contributed by atoms with Crippen molar-refractivity contribution in [2.75, 3.05) is 12.8 Å². The Kier molecular flexibility index (Phi) is 4.92. The van der Waals surface area contributed by atoms with Gasteiger partial charge in [0.25, 0.3) is 5.91 Å². The van der Waals surface area contributed by atoms with Crippen molar-refractivity contribution in [3.63, 3.8) is 0 Å². The van der Waals surface area contributed by atoms with Crippen LogP contribution in [0.25, 0.3) is 0 Å². The molecule has 22 heavy (non-hydrogen) atoms. The van der Waals surface area contributed by atoms with Crippen LogP contribution in [0.2, 0.25) is 0 Å². The summed E-state index contributed by atoms with van der Waals surface area (Å²) in [6.07, 6.45) is 5.25. The molecule has 0 spiro atoms. The monoisotopic (exact) mass is 318 g/mol. The van der Waals surface area contributed by atoms with Crippen molar-refractivity contribution in [3.05, 3.63) is 59.4 Å². The lowest BCUT2D eigenvalue weighted by molar-refractivity contribution is 0.0953. The van der Waals surface area contributed by atoms with Crippen LogP contribution in [0.4, 0.5) is 0 Å². The molecule has 2 aromatic rings. The summed E-state index contributed by atoms with van der Waals surface area (Å²) in [6, 6.07) is 8.36. The Bertz CT molecular complexity index is 771. The largest absolute Gasteiger partial charge is 0.352 e. The van der Waals surface area contributed by atoms with Crippen LogP contribution in [0, 0.1) is 6.92 Å². The molecule has 0 aliphatic rings. The summed E-state index contributed by atoms with van der Waals surface area (Å²) in [5.74, 6) is -0.271. The molecule has 116 valence electrons. The molecular weight excluding hydrogens is 300 g/mol. The number of carbonyl (C=O) groups excluding carboxylic acids is 1. The molecule has 0 bridgehead atoms. The minimum atomic E-state index is -3.33. The molecule has 1 aromatic heterocycles. The van der Waals surface area contributed by atoms with E-state index in [2.05, 4.69) is 10.3 Å². The molecule has 0 radical (unpaired) electrons. The van der Waals surface area contributed by atoms with E-state index in [0.29, 0.717) is 18.5 Å². The van der Waals surface area contributed by atoms with Crippen LogP contribution in [-0.4, -0.2) is 32.1 Å². The van der Waals surface area contributed by atoms with Crippen molar-refractivity contribution < 1.29 is 13.2 Å². The normalized spacial score (nSPS) is 11.2. The van der Waals surface area contributed by atoms with Gasteiger partial charge in [-0.3, -0.25) is 9.78 Å². The number of amides is 1. The van der Waals surface area contributed by atoms with E-state index in [4.69, 9.17) is 0 Å². The van der Waals surface area contributed by atoms with Gasteiger partial charge in [0.05, 0.1) is 4.90 Å². The second-order valence-electron chi connectivity index (χ2n) is 5.12. The van der Waals surface area contributed by atoms with Gasteiger partial charge < -0.3 is 5.32 Å². The Hall–Kier alpha value is -2.21. The number of carbonyl (C=O) groups is 1. The zero-order valence-corrected chi connectivity index (χ0v) is 13.4. The van der Waals surface area contributed by atoms with Gasteiger partial charge in [0, 0.05) is 30.8 Å². The van der Waals surface area contributed by atoms with Gasteiger partial charge in [-0.1, -0.05) is 12.1 Å². The van der Waals surface area contributed by atoms with E-state index in [1.54, 1.807) is 25.4 Å². The Morgan fingerprint density at radius 1 is 1.27 bits per heavy atom. The van der Waals surface area contributed by atoms with Gasteiger partial charge in [-0.15, -0.1) is 0 Å². The quantitative estimate of drug-likeness (QED) is 0.911. The first-order chi connectivity index (χ1) is 10.4. The van der Waals surface area contributed by atoms with E-state index >= 15 is 0 Å². The molecule has 0 unspecified atom stereocenters. The molecule has 0 aliphatic carbocycles. The highest BCUT2D eigenvalue weighted by atomic mass is 32.2. The topological polar surface area (TPSA) is 76.1 Å². The van der Waals surface area contributed by atoms with Crippen LogP contribution >= 0.6 is 0 Å². The average Bonchev–Trinajstić information content (AvgIpc) is 2.47. The number of nitrogens with zero attached hydrogens (tertiary/aromatic N) is 1. The molecule has 5 nitrogen and oxygen atoms in total. The molecule has 0 fully saturated rings. The molecule has 1 amide bonds. The summed E-state index contributed by atoms with van der Waals surface area (Å²) in [7, 11) is -3.33. The number of rotatable bonds is 5. The fourth-order valence-electron chi connectivity index (χ4n) is 2.04. The fourth-order valence-corrected chi connectivity index (χ4v) is 2.69. The highest BCUT2D eigenvalue weighted by Crippen LogP contribution is 2.15. The number of sulfone groups is 1.